The lowest BCUT2D eigenvalue weighted by Crippen LogP contribution is -2.28. The van der Waals surface area contributed by atoms with Crippen LogP contribution in [0.2, 0.25) is 0 Å². The van der Waals surface area contributed by atoms with Crippen molar-refractivity contribution >= 4 is 44.4 Å². The number of rotatable bonds is 3. The molecule has 1 heterocycles. The first-order valence-electron chi connectivity index (χ1n) is 5.81. The molecule has 92 valence electrons. The van der Waals surface area contributed by atoms with Crippen LogP contribution in [0.25, 0.3) is 0 Å². The summed E-state index contributed by atoms with van der Waals surface area (Å²) in [5.74, 6) is 0.848. The zero-order valence-corrected chi connectivity index (χ0v) is 13.3. The number of carbonyl (C=O) groups is 1. The van der Waals surface area contributed by atoms with Gasteiger partial charge in [-0.3, -0.25) is 4.79 Å². The van der Waals surface area contributed by atoms with E-state index in [2.05, 4.69) is 38.5 Å². The fraction of sp³-hybridized carbons (Fsp3) is 0.462. The third kappa shape index (κ3) is 3.44. The molecule has 2 nitrogen and oxygen atoms in total. The summed E-state index contributed by atoms with van der Waals surface area (Å²) in [6, 6.07) is 7.81. The molecule has 1 amide bonds. The van der Waals surface area contributed by atoms with E-state index in [1.165, 1.54) is 0 Å². The number of halogens is 2. The number of hydrogen-bond acceptors (Lipinski definition) is 1. The Hall–Kier alpha value is -0.100. The van der Waals surface area contributed by atoms with Gasteiger partial charge in [-0.25, -0.2) is 0 Å². The molecule has 0 bridgehead atoms. The highest BCUT2D eigenvalue weighted by atomic mass is 127. The zero-order valence-electron chi connectivity index (χ0n) is 9.53. The largest absolute Gasteiger partial charge is 0.338 e. The highest BCUT2D eigenvalue weighted by Crippen LogP contribution is 2.22. The van der Waals surface area contributed by atoms with Crippen molar-refractivity contribution < 1.29 is 4.79 Å². The van der Waals surface area contributed by atoms with Gasteiger partial charge in [0.25, 0.3) is 5.91 Å². The smallest absolute Gasteiger partial charge is 0.253 e. The number of alkyl halides is 1. The molecule has 0 spiro atoms. The van der Waals surface area contributed by atoms with Gasteiger partial charge in [0.15, 0.2) is 0 Å². The predicted octanol–water partition coefficient (Wildman–Crippen LogP) is 3.54. The van der Waals surface area contributed by atoms with Gasteiger partial charge in [0.05, 0.1) is 0 Å². The van der Waals surface area contributed by atoms with Gasteiger partial charge < -0.3 is 4.90 Å². The quantitative estimate of drug-likeness (QED) is 0.554. The van der Waals surface area contributed by atoms with Gasteiger partial charge in [0.2, 0.25) is 0 Å². The van der Waals surface area contributed by atoms with Crippen LogP contribution in [0, 0.1) is 9.49 Å². The minimum Gasteiger partial charge on any atom is -0.338 e. The van der Waals surface area contributed by atoms with Crippen LogP contribution in [0.1, 0.15) is 23.2 Å². The second kappa shape index (κ2) is 6.18. The first kappa shape index (κ1) is 13.3. The Bertz CT molecular complexity index is 393. The normalized spacial score (nSPS) is 19.6. The van der Waals surface area contributed by atoms with E-state index in [0.717, 1.165) is 40.4 Å². The predicted molar refractivity (Wildman–Crippen MR) is 81.6 cm³/mol. The molecular weight excluding hydrogens is 393 g/mol. The van der Waals surface area contributed by atoms with Crippen LogP contribution in [-0.2, 0) is 0 Å². The van der Waals surface area contributed by atoms with E-state index in [0.29, 0.717) is 5.92 Å². The van der Waals surface area contributed by atoms with Crippen LogP contribution in [0.5, 0.6) is 0 Å². The fourth-order valence-electron chi connectivity index (χ4n) is 2.18. The fourth-order valence-corrected chi connectivity index (χ4v) is 3.19. The first-order valence-corrected chi connectivity index (χ1v) is 8.01. The van der Waals surface area contributed by atoms with Gasteiger partial charge in [-0.2, -0.15) is 0 Å². The minimum atomic E-state index is 0.179. The summed E-state index contributed by atoms with van der Waals surface area (Å²) in [5.41, 5.74) is 0.810. The van der Waals surface area contributed by atoms with E-state index in [1.54, 1.807) is 0 Å². The molecule has 17 heavy (non-hydrogen) atoms. The number of hydrogen-bond donors (Lipinski definition) is 0. The molecule has 0 aromatic heterocycles. The van der Waals surface area contributed by atoms with Gasteiger partial charge in [-0.1, -0.05) is 15.9 Å². The van der Waals surface area contributed by atoms with Gasteiger partial charge in [0, 0.05) is 27.6 Å². The van der Waals surface area contributed by atoms with E-state index in [1.807, 2.05) is 29.2 Å². The first-order chi connectivity index (χ1) is 8.20. The summed E-state index contributed by atoms with van der Waals surface area (Å²) >= 11 is 5.72. The van der Waals surface area contributed by atoms with Crippen molar-refractivity contribution in [2.24, 2.45) is 5.92 Å². The topological polar surface area (TPSA) is 20.3 Å². The Kier molecular flexibility index (Phi) is 4.85. The van der Waals surface area contributed by atoms with Crippen molar-refractivity contribution in [3.05, 3.63) is 33.4 Å². The molecular formula is C13H15BrINO. The number of benzene rings is 1. The van der Waals surface area contributed by atoms with Crippen molar-refractivity contribution in [1.29, 1.82) is 0 Å². The van der Waals surface area contributed by atoms with Crippen molar-refractivity contribution in [2.75, 3.05) is 18.4 Å². The standard InChI is InChI=1S/C13H15BrINO/c14-7-5-10-6-8-16(9-10)13(17)11-1-3-12(15)4-2-11/h1-4,10H,5-9H2. The molecule has 1 unspecified atom stereocenters. The lowest BCUT2D eigenvalue weighted by molar-refractivity contribution is 0.0787. The summed E-state index contributed by atoms with van der Waals surface area (Å²) < 4.78 is 1.16. The van der Waals surface area contributed by atoms with E-state index < -0.39 is 0 Å². The average Bonchev–Trinajstić information content (AvgIpc) is 2.78. The lowest BCUT2D eigenvalue weighted by Gasteiger charge is -2.16. The van der Waals surface area contributed by atoms with Crippen LogP contribution in [-0.4, -0.2) is 29.2 Å². The maximum absolute atomic E-state index is 12.2. The van der Waals surface area contributed by atoms with E-state index in [9.17, 15) is 4.79 Å². The molecule has 0 radical (unpaired) electrons. The van der Waals surface area contributed by atoms with Gasteiger partial charge in [-0.15, -0.1) is 0 Å². The van der Waals surface area contributed by atoms with Crippen molar-refractivity contribution in [3.63, 3.8) is 0 Å². The van der Waals surface area contributed by atoms with E-state index >= 15 is 0 Å². The number of amides is 1. The van der Waals surface area contributed by atoms with E-state index in [4.69, 9.17) is 0 Å². The van der Waals surface area contributed by atoms with Crippen LogP contribution in [0.4, 0.5) is 0 Å². The second-order valence-electron chi connectivity index (χ2n) is 4.39. The SMILES string of the molecule is O=C(c1ccc(I)cc1)N1CCC(CCBr)C1. The molecule has 0 aliphatic carbocycles. The van der Waals surface area contributed by atoms with Crippen molar-refractivity contribution in [1.82, 2.24) is 4.90 Å². The molecule has 0 N–H and O–H groups in total. The zero-order chi connectivity index (χ0) is 12.3. The Labute approximate surface area is 124 Å². The van der Waals surface area contributed by atoms with E-state index in [-0.39, 0.29) is 5.91 Å². The molecule has 1 fully saturated rings. The highest BCUT2D eigenvalue weighted by Gasteiger charge is 2.26. The second-order valence-corrected chi connectivity index (χ2v) is 6.43. The molecule has 1 saturated heterocycles. The molecule has 1 aliphatic rings. The van der Waals surface area contributed by atoms with Crippen molar-refractivity contribution in [3.8, 4) is 0 Å². The third-order valence-electron chi connectivity index (χ3n) is 3.18. The number of carbonyl (C=O) groups excluding carboxylic acids is 1. The van der Waals surface area contributed by atoms with Gasteiger partial charge >= 0.3 is 0 Å². The average molecular weight is 408 g/mol. The van der Waals surface area contributed by atoms with Gasteiger partial charge in [0.1, 0.15) is 0 Å². The summed E-state index contributed by atoms with van der Waals surface area (Å²) in [6.07, 6.45) is 2.30. The molecule has 0 saturated carbocycles. The monoisotopic (exact) mass is 407 g/mol. The molecule has 1 atom stereocenters. The maximum Gasteiger partial charge on any atom is 0.253 e. The molecule has 1 aliphatic heterocycles. The van der Waals surface area contributed by atoms with Crippen molar-refractivity contribution in [2.45, 2.75) is 12.8 Å². The highest BCUT2D eigenvalue weighted by molar-refractivity contribution is 14.1. The lowest BCUT2D eigenvalue weighted by atomic mass is 10.1. The Morgan fingerprint density at radius 1 is 1.41 bits per heavy atom. The Balaban J connectivity index is 1.99. The molecule has 4 heteroatoms. The summed E-state index contributed by atoms with van der Waals surface area (Å²) in [5, 5.41) is 1.03. The van der Waals surface area contributed by atoms with Crippen LogP contribution >= 0.6 is 38.5 Å². The molecule has 1 aromatic carbocycles. The van der Waals surface area contributed by atoms with Crippen LogP contribution in [0.3, 0.4) is 0 Å². The minimum absolute atomic E-state index is 0.179. The number of likely N-dealkylation sites (tertiary alicyclic amines) is 1. The number of nitrogens with zero attached hydrogens (tertiary/aromatic N) is 1. The maximum atomic E-state index is 12.2. The summed E-state index contributed by atoms with van der Waals surface area (Å²) in [4.78, 5) is 14.2. The van der Waals surface area contributed by atoms with Crippen LogP contribution in [0.15, 0.2) is 24.3 Å². The molecule has 1 aromatic rings. The summed E-state index contributed by atoms with van der Waals surface area (Å²) in [7, 11) is 0. The Morgan fingerprint density at radius 3 is 2.76 bits per heavy atom. The Morgan fingerprint density at radius 2 is 2.12 bits per heavy atom. The molecule has 2 rings (SSSR count). The van der Waals surface area contributed by atoms with Gasteiger partial charge in [-0.05, 0) is 65.6 Å². The van der Waals surface area contributed by atoms with Crippen LogP contribution < -0.4 is 0 Å². The third-order valence-corrected chi connectivity index (χ3v) is 4.36. The summed E-state index contributed by atoms with van der Waals surface area (Å²) in [6.45, 7) is 1.82.